The van der Waals surface area contributed by atoms with Crippen molar-refractivity contribution in [2.24, 2.45) is 5.92 Å². The number of hydrogen-bond donors (Lipinski definition) is 3. The fraction of sp³-hybridized carbons (Fsp3) is 0.400. The molecule has 0 saturated carbocycles. The van der Waals surface area contributed by atoms with Crippen LogP contribution in [0.3, 0.4) is 0 Å². The quantitative estimate of drug-likeness (QED) is 0.589. The largest absolute Gasteiger partial charge is 0.365 e. The standard InChI is InChI=1S/C25H28N6O3/c1-14(2)25(23(33)29-24(34)30-25)18-7-5-17(6-8-18)22(32)31-13-19(10-20(31)11-26)28-21-16(4)9-15(3)12-27-21/h5-9,12,14,19-20H,10,13H2,1-4H3,(H,27,28)(H2,29,30,33,34)/t19-,20-,25?/m0/s1. The highest BCUT2D eigenvalue weighted by Gasteiger charge is 2.50. The molecule has 4 amide bonds. The molecule has 2 saturated heterocycles. The Morgan fingerprint density at radius 1 is 1.26 bits per heavy atom. The lowest BCUT2D eigenvalue weighted by Gasteiger charge is -2.31. The SMILES string of the molecule is Cc1cnc(N[C@H]2C[C@@H](C#N)N(C(=O)c3ccc(C4(C(C)C)NC(=O)NC4=O)cc3)C2)c(C)c1. The first-order valence-electron chi connectivity index (χ1n) is 11.3. The van der Waals surface area contributed by atoms with Gasteiger partial charge >= 0.3 is 6.03 Å². The van der Waals surface area contributed by atoms with Crippen LogP contribution in [0, 0.1) is 31.1 Å². The Morgan fingerprint density at radius 2 is 1.97 bits per heavy atom. The molecule has 3 N–H and O–H groups in total. The molecular weight excluding hydrogens is 432 g/mol. The van der Waals surface area contributed by atoms with Gasteiger partial charge in [-0.25, -0.2) is 9.78 Å². The average Bonchev–Trinajstić information content (AvgIpc) is 3.35. The highest BCUT2D eigenvalue weighted by Crippen LogP contribution is 2.33. The minimum atomic E-state index is -1.19. The van der Waals surface area contributed by atoms with Crippen molar-refractivity contribution in [3.05, 3.63) is 58.8 Å². The molecule has 2 aliphatic rings. The molecule has 0 bridgehead atoms. The summed E-state index contributed by atoms with van der Waals surface area (Å²) in [6.45, 7) is 8.03. The van der Waals surface area contributed by atoms with E-state index >= 15 is 0 Å². The van der Waals surface area contributed by atoms with E-state index in [1.807, 2.05) is 33.8 Å². The second-order valence-corrected chi connectivity index (χ2v) is 9.31. The number of anilines is 1. The van der Waals surface area contributed by atoms with Gasteiger partial charge < -0.3 is 15.5 Å². The molecule has 34 heavy (non-hydrogen) atoms. The molecule has 9 nitrogen and oxygen atoms in total. The Morgan fingerprint density at radius 3 is 2.53 bits per heavy atom. The number of pyridine rings is 1. The Balaban J connectivity index is 1.52. The maximum atomic E-state index is 13.3. The normalized spacial score (nSPS) is 24.1. The predicted molar refractivity (Wildman–Crippen MR) is 126 cm³/mol. The molecule has 1 unspecified atom stereocenters. The van der Waals surface area contributed by atoms with Crippen LogP contribution in [-0.2, 0) is 10.3 Å². The molecule has 1 aromatic heterocycles. The van der Waals surface area contributed by atoms with Gasteiger partial charge in [0, 0.05) is 30.8 Å². The number of carbonyl (C=O) groups excluding carboxylic acids is 3. The summed E-state index contributed by atoms with van der Waals surface area (Å²) < 4.78 is 0. The Labute approximate surface area is 198 Å². The van der Waals surface area contributed by atoms with Gasteiger partial charge in [-0.2, -0.15) is 5.26 Å². The number of nitriles is 1. The molecule has 2 fully saturated rings. The molecule has 1 aromatic carbocycles. The molecule has 0 radical (unpaired) electrons. The van der Waals surface area contributed by atoms with Gasteiger partial charge in [-0.3, -0.25) is 14.9 Å². The van der Waals surface area contributed by atoms with Crippen molar-refractivity contribution in [1.29, 1.82) is 5.26 Å². The van der Waals surface area contributed by atoms with Gasteiger partial charge in [0.1, 0.15) is 17.4 Å². The summed E-state index contributed by atoms with van der Waals surface area (Å²) in [5, 5.41) is 18.1. The van der Waals surface area contributed by atoms with Gasteiger partial charge in [0.15, 0.2) is 0 Å². The van der Waals surface area contributed by atoms with Crippen molar-refractivity contribution in [1.82, 2.24) is 20.5 Å². The van der Waals surface area contributed by atoms with Crippen LogP contribution in [0.2, 0.25) is 0 Å². The van der Waals surface area contributed by atoms with Crippen molar-refractivity contribution in [2.75, 3.05) is 11.9 Å². The number of hydrogen-bond acceptors (Lipinski definition) is 6. The fourth-order valence-corrected chi connectivity index (χ4v) is 4.80. The minimum Gasteiger partial charge on any atom is -0.365 e. The number of rotatable bonds is 5. The maximum absolute atomic E-state index is 13.3. The van der Waals surface area contributed by atoms with Crippen LogP contribution in [0.4, 0.5) is 10.6 Å². The van der Waals surface area contributed by atoms with Crippen LogP contribution >= 0.6 is 0 Å². The van der Waals surface area contributed by atoms with Gasteiger partial charge in [0.05, 0.1) is 6.07 Å². The zero-order valence-corrected chi connectivity index (χ0v) is 19.7. The molecule has 3 heterocycles. The Kier molecular flexibility index (Phi) is 6.00. The smallest absolute Gasteiger partial charge is 0.322 e. The van der Waals surface area contributed by atoms with Gasteiger partial charge in [0.2, 0.25) is 0 Å². The number of imide groups is 1. The highest BCUT2D eigenvalue weighted by molar-refractivity contribution is 6.07. The van der Waals surface area contributed by atoms with Gasteiger partial charge in [-0.1, -0.05) is 32.0 Å². The zero-order valence-electron chi connectivity index (χ0n) is 19.7. The number of nitrogens with zero attached hydrogens (tertiary/aromatic N) is 3. The van der Waals surface area contributed by atoms with Gasteiger partial charge in [0.25, 0.3) is 11.8 Å². The molecular formula is C25H28N6O3. The van der Waals surface area contributed by atoms with Crippen molar-refractivity contribution in [2.45, 2.75) is 51.7 Å². The number of likely N-dealkylation sites (tertiary alicyclic amines) is 1. The fourth-order valence-electron chi connectivity index (χ4n) is 4.80. The monoisotopic (exact) mass is 460 g/mol. The number of aryl methyl sites for hydroxylation is 2. The van der Waals surface area contributed by atoms with E-state index in [1.165, 1.54) is 0 Å². The second-order valence-electron chi connectivity index (χ2n) is 9.31. The molecule has 3 atom stereocenters. The van der Waals surface area contributed by atoms with Gasteiger partial charge in [-0.15, -0.1) is 0 Å². The Bertz CT molecular complexity index is 1190. The first-order chi connectivity index (χ1) is 16.1. The molecule has 2 aliphatic heterocycles. The van der Waals surface area contributed by atoms with E-state index in [0.29, 0.717) is 24.1 Å². The summed E-state index contributed by atoms with van der Waals surface area (Å²) >= 11 is 0. The lowest BCUT2D eigenvalue weighted by Crippen LogP contribution is -2.48. The molecule has 2 aromatic rings. The average molecular weight is 461 g/mol. The summed E-state index contributed by atoms with van der Waals surface area (Å²) in [7, 11) is 0. The number of urea groups is 1. The third-order valence-electron chi connectivity index (χ3n) is 6.62. The highest BCUT2D eigenvalue weighted by atomic mass is 16.2. The van der Waals surface area contributed by atoms with E-state index in [4.69, 9.17) is 0 Å². The third-order valence-corrected chi connectivity index (χ3v) is 6.62. The molecule has 0 aliphatic carbocycles. The van der Waals surface area contributed by atoms with Crippen LogP contribution in [0.25, 0.3) is 0 Å². The summed E-state index contributed by atoms with van der Waals surface area (Å²) in [4.78, 5) is 43.7. The maximum Gasteiger partial charge on any atom is 0.322 e. The van der Waals surface area contributed by atoms with Gasteiger partial charge in [-0.05, 0) is 48.6 Å². The summed E-state index contributed by atoms with van der Waals surface area (Å²) in [5.41, 5.74) is 1.91. The number of nitrogens with one attached hydrogen (secondary N) is 3. The molecule has 0 spiro atoms. The number of carbonyl (C=O) groups is 3. The van der Waals surface area contributed by atoms with Crippen LogP contribution in [-0.4, -0.2) is 46.4 Å². The Hall–Kier alpha value is -3.93. The summed E-state index contributed by atoms with van der Waals surface area (Å²) in [6.07, 6.45) is 2.28. The van der Waals surface area contributed by atoms with E-state index in [-0.39, 0.29) is 17.9 Å². The van der Waals surface area contributed by atoms with Crippen molar-refractivity contribution >= 4 is 23.7 Å². The van der Waals surface area contributed by atoms with Crippen LogP contribution < -0.4 is 16.0 Å². The topological polar surface area (TPSA) is 127 Å². The second kappa shape index (κ2) is 8.78. The number of benzene rings is 1. The predicted octanol–water partition coefficient (Wildman–Crippen LogP) is 2.61. The van der Waals surface area contributed by atoms with Crippen LogP contribution in [0.1, 0.15) is 47.3 Å². The first kappa shape index (κ1) is 23.2. The zero-order chi connectivity index (χ0) is 24.6. The van der Waals surface area contributed by atoms with E-state index in [1.54, 1.807) is 35.4 Å². The van der Waals surface area contributed by atoms with Crippen molar-refractivity contribution in [3.8, 4) is 6.07 Å². The van der Waals surface area contributed by atoms with Crippen LogP contribution in [0.15, 0.2) is 36.5 Å². The lowest BCUT2D eigenvalue weighted by molar-refractivity contribution is -0.125. The number of aromatic nitrogens is 1. The third kappa shape index (κ3) is 3.96. The van der Waals surface area contributed by atoms with E-state index in [9.17, 15) is 19.6 Å². The number of amides is 4. The van der Waals surface area contributed by atoms with E-state index < -0.39 is 23.5 Å². The first-order valence-corrected chi connectivity index (χ1v) is 11.3. The van der Waals surface area contributed by atoms with Crippen molar-refractivity contribution < 1.29 is 14.4 Å². The van der Waals surface area contributed by atoms with E-state index in [2.05, 4.69) is 27.0 Å². The molecule has 9 heteroatoms. The molecule has 4 rings (SSSR count). The summed E-state index contributed by atoms with van der Waals surface area (Å²) in [5.74, 6) is -0.117. The minimum absolute atomic E-state index is 0.0941. The lowest BCUT2D eigenvalue weighted by atomic mass is 9.79. The van der Waals surface area contributed by atoms with Crippen molar-refractivity contribution in [3.63, 3.8) is 0 Å². The molecule has 176 valence electrons. The summed E-state index contributed by atoms with van der Waals surface area (Å²) in [6, 6.07) is 9.73. The van der Waals surface area contributed by atoms with E-state index in [0.717, 1.165) is 16.9 Å². The van der Waals surface area contributed by atoms with Crippen LogP contribution in [0.5, 0.6) is 0 Å².